The van der Waals surface area contributed by atoms with E-state index in [-0.39, 0.29) is 11.4 Å². The van der Waals surface area contributed by atoms with E-state index < -0.39 is 10.7 Å². The summed E-state index contributed by atoms with van der Waals surface area (Å²) in [4.78, 5) is 10.5. The van der Waals surface area contributed by atoms with E-state index in [1.54, 1.807) is 0 Å². The normalized spacial score (nSPS) is 10.4. The summed E-state index contributed by atoms with van der Waals surface area (Å²) < 4.78 is 19.7. The number of hydrogen-bond donors (Lipinski definition) is 0. The van der Waals surface area contributed by atoms with Crippen molar-refractivity contribution in [3.05, 3.63) is 64.7 Å². The molecule has 0 aliphatic heterocycles. The number of hydrogen-bond acceptors (Lipinski definition) is 6. The monoisotopic (exact) mass is 301 g/mol. The van der Waals surface area contributed by atoms with Crippen LogP contribution in [-0.2, 0) is 0 Å². The second-order valence-corrected chi connectivity index (χ2v) is 4.25. The number of nitrogens with zero attached hydrogens (tertiary/aromatic N) is 5. The highest BCUT2D eigenvalue weighted by Gasteiger charge is 2.13. The number of benzene rings is 2. The molecule has 0 saturated heterocycles. The average molecular weight is 301 g/mol. The number of aromatic nitrogens is 4. The summed E-state index contributed by atoms with van der Waals surface area (Å²) in [6, 6.07) is 9.41. The van der Waals surface area contributed by atoms with Gasteiger partial charge in [-0.15, -0.1) is 5.10 Å². The smallest absolute Gasteiger partial charge is 0.275 e. The highest BCUT2D eigenvalue weighted by Crippen LogP contribution is 2.28. The predicted octanol–water partition coefficient (Wildman–Crippen LogP) is 2.50. The summed E-state index contributed by atoms with van der Waals surface area (Å²) in [7, 11) is 0. The van der Waals surface area contributed by atoms with Crippen LogP contribution in [0.5, 0.6) is 11.5 Å². The summed E-state index contributed by atoms with van der Waals surface area (Å²) in [5.41, 5.74) is 0.196. The molecule has 3 rings (SSSR count). The molecule has 0 atom stereocenters. The van der Waals surface area contributed by atoms with Gasteiger partial charge in [-0.2, -0.15) is 0 Å². The molecule has 0 fully saturated rings. The van der Waals surface area contributed by atoms with Gasteiger partial charge in [0, 0.05) is 12.1 Å². The third-order valence-electron chi connectivity index (χ3n) is 2.75. The Morgan fingerprint density at radius 3 is 2.55 bits per heavy atom. The van der Waals surface area contributed by atoms with Crippen LogP contribution >= 0.6 is 0 Å². The van der Waals surface area contributed by atoms with Crippen LogP contribution in [0.25, 0.3) is 5.69 Å². The van der Waals surface area contributed by atoms with Gasteiger partial charge in [-0.3, -0.25) is 10.1 Å². The van der Waals surface area contributed by atoms with Crippen molar-refractivity contribution in [2.75, 3.05) is 0 Å². The molecule has 0 radical (unpaired) electrons. The maximum Gasteiger partial charge on any atom is 0.275 e. The van der Waals surface area contributed by atoms with Crippen molar-refractivity contribution >= 4 is 5.69 Å². The number of rotatable bonds is 4. The number of non-ortho nitro benzene ring substituents is 1. The quantitative estimate of drug-likeness (QED) is 0.542. The maximum absolute atomic E-state index is 12.9. The number of nitro benzene ring substituents is 1. The van der Waals surface area contributed by atoms with Crippen LogP contribution in [0.3, 0.4) is 0 Å². The fourth-order valence-corrected chi connectivity index (χ4v) is 1.78. The number of halogens is 1. The standard InChI is InChI=1S/C13H8FN5O3/c14-9-1-3-12(4-2-9)22-13-6-10(18-8-15-16-17-18)5-11(7-13)19(20)21/h1-8H. The van der Waals surface area contributed by atoms with Crippen LogP contribution in [0.4, 0.5) is 10.1 Å². The second-order valence-electron chi connectivity index (χ2n) is 4.25. The molecule has 0 aliphatic carbocycles. The summed E-state index contributed by atoms with van der Waals surface area (Å²) >= 11 is 0. The van der Waals surface area contributed by atoms with Gasteiger partial charge >= 0.3 is 0 Å². The van der Waals surface area contributed by atoms with Crippen LogP contribution in [0.2, 0.25) is 0 Å². The average Bonchev–Trinajstić information content (AvgIpc) is 3.04. The first-order chi connectivity index (χ1) is 10.6. The van der Waals surface area contributed by atoms with Crippen LogP contribution in [0.1, 0.15) is 0 Å². The minimum atomic E-state index is -0.550. The number of nitro groups is 1. The van der Waals surface area contributed by atoms with Crippen molar-refractivity contribution in [2.45, 2.75) is 0 Å². The highest BCUT2D eigenvalue weighted by atomic mass is 19.1. The van der Waals surface area contributed by atoms with Gasteiger partial charge < -0.3 is 4.74 Å². The Morgan fingerprint density at radius 2 is 1.91 bits per heavy atom. The molecule has 0 N–H and O–H groups in total. The molecule has 1 heterocycles. The summed E-state index contributed by atoms with van der Waals surface area (Å²) in [6.45, 7) is 0. The van der Waals surface area contributed by atoms with Crippen LogP contribution in [0, 0.1) is 15.9 Å². The zero-order valence-corrected chi connectivity index (χ0v) is 11.0. The summed E-state index contributed by atoms with van der Waals surface area (Å²) in [6.07, 6.45) is 1.31. The Labute approximate surface area is 122 Å². The molecule has 0 aliphatic rings. The Kier molecular flexibility index (Phi) is 3.44. The topological polar surface area (TPSA) is 96.0 Å². The molecule has 2 aromatic carbocycles. The van der Waals surface area contributed by atoms with Crippen molar-refractivity contribution in [1.29, 1.82) is 0 Å². The highest BCUT2D eigenvalue weighted by molar-refractivity contribution is 5.50. The molecule has 3 aromatic rings. The first-order valence-electron chi connectivity index (χ1n) is 6.08. The molecule has 0 amide bonds. The van der Waals surface area contributed by atoms with E-state index in [1.165, 1.54) is 53.5 Å². The third kappa shape index (κ3) is 2.87. The Bertz CT molecular complexity index is 805. The SMILES string of the molecule is O=[N+]([O-])c1cc(Oc2ccc(F)cc2)cc(-n2cnnn2)c1. The third-order valence-corrected chi connectivity index (χ3v) is 2.75. The molecular formula is C13H8FN5O3. The van der Waals surface area contributed by atoms with E-state index >= 15 is 0 Å². The maximum atomic E-state index is 12.9. The van der Waals surface area contributed by atoms with E-state index in [1.807, 2.05) is 0 Å². The van der Waals surface area contributed by atoms with Crippen molar-refractivity contribution in [3.8, 4) is 17.2 Å². The van der Waals surface area contributed by atoms with Crippen molar-refractivity contribution in [3.63, 3.8) is 0 Å². The molecule has 0 saturated carbocycles. The Morgan fingerprint density at radius 1 is 1.14 bits per heavy atom. The zero-order valence-electron chi connectivity index (χ0n) is 11.0. The molecule has 1 aromatic heterocycles. The van der Waals surface area contributed by atoms with E-state index in [9.17, 15) is 14.5 Å². The van der Waals surface area contributed by atoms with E-state index in [0.29, 0.717) is 11.4 Å². The minimum Gasteiger partial charge on any atom is -0.457 e. The van der Waals surface area contributed by atoms with Crippen LogP contribution in [-0.4, -0.2) is 25.1 Å². The lowest BCUT2D eigenvalue weighted by Gasteiger charge is -2.07. The predicted molar refractivity (Wildman–Crippen MR) is 72.3 cm³/mol. The lowest BCUT2D eigenvalue weighted by molar-refractivity contribution is -0.384. The van der Waals surface area contributed by atoms with Crippen LogP contribution < -0.4 is 4.74 Å². The molecule has 0 unspecified atom stereocenters. The second kappa shape index (κ2) is 5.56. The van der Waals surface area contributed by atoms with Gasteiger partial charge in [0.15, 0.2) is 0 Å². The van der Waals surface area contributed by atoms with Crippen molar-refractivity contribution in [1.82, 2.24) is 20.2 Å². The Balaban J connectivity index is 1.99. The summed E-state index contributed by atoms with van der Waals surface area (Å²) in [5, 5.41) is 21.6. The number of ether oxygens (including phenoxy) is 1. The molecule has 110 valence electrons. The summed E-state index contributed by atoms with van der Waals surface area (Å²) in [5.74, 6) is 0.164. The van der Waals surface area contributed by atoms with Gasteiger partial charge in [-0.05, 0) is 34.7 Å². The van der Waals surface area contributed by atoms with Gasteiger partial charge in [0.05, 0.1) is 16.7 Å². The van der Waals surface area contributed by atoms with E-state index in [2.05, 4.69) is 15.5 Å². The van der Waals surface area contributed by atoms with Crippen molar-refractivity contribution in [2.24, 2.45) is 0 Å². The molecule has 22 heavy (non-hydrogen) atoms. The molecule has 8 nitrogen and oxygen atoms in total. The van der Waals surface area contributed by atoms with Gasteiger partial charge in [0.1, 0.15) is 23.6 Å². The largest absolute Gasteiger partial charge is 0.457 e. The molecule has 0 bridgehead atoms. The van der Waals surface area contributed by atoms with E-state index in [0.717, 1.165) is 0 Å². The first kappa shape index (κ1) is 13.6. The zero-order chi connectivity index (χ0) is 15.5. The fourth-order valence-electron chi connectivity index (χ4n) is 1.78. The molecule has 0 spiro atoms. The van der Waals surface area contributed by atoms with Crippen molar-refractivity contribution < 1.29 is 14.1 Å². The minimum absolute atomic E-state index is 0.176. The van der Waals surface area contributed by atoms with Gasteiger partial charge in [-0.25, -0.2) is 9.07 Å². The first-order valence-corrected chi connectivity index (χ1v) is 6.08. The lowest BCUT2D eigenvalue weighted by atomic mass is 10.2. The fraction of sp³-hybridized carbons (Fsp3) is 0. The Hall–Kier alpha value is -3.36. The van der Waals surface area contributed by atoms with E-state index in [4.69, 9.17) is 4.74 Å². The van der Waals surface area contributed by atoms with Gasteiger partial charge in [0.25, 0.3) is 5.69 Å². The number of tetrazole rings is 1. The van der Waals surface area contributed by atoms with Gasteiger partial charge in [-0.1, -0.05) is 0 Å². The molecule has 9 heteroatoms. The lowest BCUT2D eigenvalue weighted by Crippen LogP contribution is -1.98. The van der Waals surface area contributed by atoms with Gasteiger partial charge in [0.2, 0.25) is 0 Å². The van der Waals surface area contributed by atoms with Crippen LogP contribution in [0.15, 0.2) is 48.8 Å². The molecular weight excluding hydrogens is 293 g/mol.